The van der Waals surface area contributed by atoms with Crippen LogP contribution < -0.4 is 0 Å². The van der Waals surface area contributed by atoms with Crippen LogP contribution in [0.25, 0.3) is 4.91 Å². The third kappa shape index (κ3) is 3.78. The van der Waals surface area contributed by atoms with Gasteiger partial charge in [-0.25, -0.2) is 0 Å². The van der Waals surface area contributed by atoms with E-state index in [4.69, 9.17) is 0 Å². The van der Waals surface area contributed by atoms with Crippen molar-refractivity contribution >= 4 is 16.7 Å². The summed E-state index contributed by atoms with van der Waals surface area (Å²) < 4.78 is 0. The van der Waals surface area contributed by atoms with Crippen molar-refractivity contribution in [2.24, 2.45) is 0 Å². The Morgan fingerprint density at radius 2 is 1.56 bits per heavy atom. The van der Waals surface area contributed by atoms with Gasteiger partial charge >= 0.3 is 0 Å². The number of thioether (sulfide) groups is 1. The zero-order chi connectivity index (χ0) is 12.6. The van der Waals surface area contributed by atoms with E-state index in [2.05, 4.69) is 73.7 Å². The van der Waals surface area contributed by atoms with Crippen LogP contribution in [0.3, 0.4) is 0 Å². The lowest BCUT2D eigenvalue weighted by atomic mass is 10.2. The highest BCUT2D eigenvalue weighted by Gasteiger charge is 2.02. The first-order chi connectivity index (χ1) is 8.90. The molecule has 1 heteroatoms. The third-order valence-electron chi connectivity index (χ3n) is 2.65. The van der Waals surface area contributed by atoms with Crippen molar-refractivity contribution in [3.05, 3.63) is 72.3 Å². The highest BCUT2D eigenvalue weighted by Crippen LogP contribution is 2.34. The van der Waals surface area contributed by atoms with E-state index in [1.807, 2.05) is 11.8 Å². The lowest BCUT2D eigenvalue weighted by molar-refractivity contribution is 0.961. The van der Waals surface area contributed by atoms with Crippen LogP contribution in [0, 0.1) is 0 Å². The smallest absolute Gasteiger partial charge is 0.0154 e. The van der Waals surface area contributed by atoms with Gasteiger partial charge in [0.25, 0.3) is 0 Å². The van der Waals surface area contributed by atoms with Gasteiger partial charge in [0, 0.05) is 9.80 Å². The summed E-state index contributed by atoms with van der Waals surface area (Å²) in [7, 11) is 0. The fourth-order valence-electron chi connectivity index (χ4n) is 1.71. The molecule has 0 fully saturated rings. The predicted molar refractivity (Wildman–Crippen MR) is 81.6 cm³/mol. The van der Waals surface area contributed by atoms with Crippen LogP contribution in [0.1, 0.15) is 25.3 Å². The second-order valence-corrected chi connectivity index (χ2v) is 5.25. The molecule has 0 heterocycles. The van der Waals surface area contributed by atoms with Crippen LogP contribution in [0.4, 0.5) is 0 Å². The summed E-state index contributed by atoms with van der Waals surface area (Å²) in [6.07, 6.45) is 4.66. The van der Waals surface area contributed by atoms with E-state index in [0.717, 1.165) is 6.42 Å². The highest BCUT2D eigenvalue weighted by atomic mass is 32.2. The first-order valence-corrected chi connectivity index (χ1v) is 7.20. The SMILES string of the molecule is CCC/C=C(/Sc1ccccc1)c1ccccc1. The zero-order valence-electron chi connectivity index (χ0n) is 10.7. The molecular formula is C17H18S. The third-order valence-corrected chi connectivity index (χ3v) is 3.78. The molecule has 2 rings (SSSR count). The summed E-state index contributed by atoms with van der Waals surface area (Å²) in [6.45, 7) is 2.21. The van der Waals surface area contributed by atoms with Gasteiger partial charge in [-0.1, -0.05) is 79.7 Å². The molecule has 2 aromatic carbocycles. The lowest BCUT2D eigenvalue weighted by Gasteiger charge is -2.07. The first kappa shape index (κ1) is 13.0. The summed E-state index contributed by atoms with van der Waals surface area (Å²) in [5.74, 6) is 0. The Morgan fingerprint density at radius 1 is 0.944 bits per heavy atom. The maximum atomic E-state index is 2.34. The molecule has 0 saturated carbocycles. The Hall–Kier alpha value is -1.47. The molecule has 0 spiro atoms. The van der Waals surface area contributed by atoms with E-state index in [9.17, 15) is 0 Å². The molecule has 0 aliphatic rings. The van der Waals surface area contributed by atoms with Crippen molar-refractivity contribution in [1.82, 2.24) is 0 Å². The molecule has 0 N–H and O–H groups in total. The minimum Gasteiger partial charge on any atom is -0.0898 e. The number of hydrogen-bond acceptors (Lipinski definition) is 1. The van der Waals surface area contributed by atoms with E-state index < -0.39 is 0 Å². The molecule has 2 aromatic rings. The molecular weight excluding hydrogens is 236 g/mol. The van der Waals surface area contributed by atoms with Gasteiger partial charge in [-0.15, -0.1) is 0 Å². The summed E-state index contributed by atoms with van der Waals surface area (Å²) in [6, 6.07) is 21.2. The Balaban J connectivity index is 2.22. The van der Waals surface area contributed by atoms with Crippen molar-refractivity contribution < 1.29 is 0 Å². The van der Waals surface area contributed by atoms with Gasteiger partial charge in [0.1, 0.15) is 0 Å². The number of allylic oxidation sites excluding steroid dienone is 1. The van der Waals surface area contributed by atoms with Gasteiger partial charge in [0.15, 0.2) is 0 Å². The predicted octanol–water partition coefficient (Wildman–Crippen LogP) is 5.62. The Bertz CT molecular complexity index is 486. The van der Waals surface area contributed by atoms with Crippen LogP contribution in [0.15, 0.2) is 71.6 Å². The molecule has 0 saturated heterocycles. The fraction of sp³-hybridized carbons (Fsp3) is 0.176. The van der Waals surface area contributed by atoms with Crippen LogP contribution in [-0.2, 0) is 0 Å². The van der Waals surface area contributed by atoms with Crippen LogP contribution in [-0.4, -0.2) is 0 Å². The summed E-state index contributed by atoms with van der Waals surface area (Å²) in [5, 5.41) is 0. The van der Waals surface area contributed by atoms with E-state index >= 15 is 0 Å². The molecule has 0 bridgehead atoms. The van der Waals surface area contributed by atoms with Gasteiger partial charge in [0.05, 0.1) is 0 Å². The van der Waals surface area contributed by atoms with Gasteiger partial charge in [-0.2, -0.15) is 0 Å². The number of benzene rings is 2. The average molecular weight is 254 g/mol. The standard InChI is InChI=1S/C17H18S/c1-2-3-14-17(15-10-6-4-7-11-15)18-16-12-8-5-9-13-16/h4-14H,2-3H2,1H3/b17-14+. The largest absolute Gasteiger partial charge is 0.0898 e. The summed E-state index contributed by atoms with van der Waals surface area (Å²) >= 11 is 1.84. The van der Waals surface area contributed by atoms with E-state index in [1.165, 1.54) is 21.8 Å². The van der Waals surface area contributed by atoms with Crippen molar-refractivity contribution in [2.75, 3.05) is 0 Å². The molecule has 0 nitrogen and oxygen atoms in total. The molecule has 0 aliphatic carbocycles. The fourth-order valence-corrected chi connectivity index (χ4v) is 2.71. The second kappa shape index (κ2) is 7.07. The Labute approximate surface area is 114 Å². The number of hydrogen-bond donors (Lipinski definition) is 0. The summed E-state index contributed by atoms with van der Waals surface area (Å²) in [5.41, 5.74) is 1.31. The molecule has 0 unspecified atom stereocenters. The molecule has 0 amide bonds. The molecule has 92 valence electrons. The molecule has 0 atom stereocenters. The second-order valence-electron chi connectivity index (χ2n) is 4.14. The van der Waals surface area contributed by atoms with Crippen molar-refractivity contribution in [1.29, 1.82) is 0 Å². The monoisotopic (exact) mass is 254 g/mol. The maximum Gasteiger partial charge on any atom is 0.0154 e. The topological polar surface area (TPSA) is 0 Å². The van der Waals surface area contributed by atoms with Gasteiger partial charge in [0.2, 0.25) is 0 Å². The quantitative estimate of drug-likeness (QED) is 0.624. The van der Waals surface area contributed by atoms with E-state index in [1.54, 1.807) is 0 Å². The minimum atomic E-state index is 1.13. The summed E-state index contributed by atoms with van der Waals surface area (Å²) in [4.78, 5) is 2.65. The van der Waals surface area contributed by atoms with Gasteiger partial charge in [-0.3, -0.25) is 0 Å². The van der Waals surface area contributed by atoms with Gasteiger partial charge in [-0.05, 0) is 24.1 Å². The highest BCUT2D eigenvalue weighted by molar-refractivity contribution is 8.08. The Kier molecular flexibility index (Phi) is 5.10. The van der Waals surface area contributed by atoms with Crippen molar-refractivity contribution in [2.45, 2.75) is 24.7 Å². The van der Waals surface area contributed by atoms with Crippen LogP contribution in [0.5, 0.6) is 0 Å². The molecule has 18 heavy (non-hydrogen) atoms. The first-order valence-electron chi connectivity index (χ1n) is 6.38. The number of unbranched alkanes of at least 4 members (excludes halogenated alkanes) is 1. The lowest BCUT2D eigenvalue weighted by Crippen LogP contribution is -1.80. The van der Waals surface area contributed by atoms with Gasteiger partial charge < -0.3 is 0 Å². The Morgan fingerprint density at radius 3 is 2.17 bits per heavy atom. The average Bonchev–Trinajstić information content (AvgIpc) is 2.45. The molecule has 0 radical (unpaired) electrons. The molecule has 0 aliphatic heterocycles. The zero-order valence-corrected chi connectivity index (χ0v) is 11.5. The van der Waals surface area contributed by atoms with Crippen molar-refractivity contribution in [3.8, 4) is 0 Å². The number of rotatable bonds is 5. The van der Waals surface area contributed by atoms with E-state index in [0.29, 0.717) is 0 Å². The van der Waals surface area contributed by atoms with Crippen LogP contribution in [0.2, 0.25) is 0 Å². The minimum absolute atomic E-state index is 1.13. The maximum absolute atomic E-state index is 2.34. The molecule has 0 aromatic heterocycles. The van der Waals surface area contributed by atoms with E-state index in [-0.39, 0.29) is 0 Å². The normalized spacial score (nSPS) is 11.5. The van der Waals surface area contributed by atoms with Crippen LogP contribution >= 0.6 is 11.8 Å². The van der Waals surface area contributed by atoms with Crippen molar-refractivity contribution in [3.63, 3.8) is 0 Å².